The molecule has 37 heavy (non-hydrogen) atoms. The van der Waals surface area contributed by atoms with Gasteiger partial charge in [0.25, 0.3) is 11.5 Å². The van der Waals surface area contributed by atoms with Crippen LogP contribution in [0.25, 0.3) is 38.3 Å². The lowest BCUT2D eigenvalue weighted by Crippen LogP contribution is -2.22. The highest BCUT2D eigenvalue weighted by Gasteiger charge is 2.17. The molecule has 0 aliphatic heterocycles. The van der Waals surface area contributed by atoms with Gasteiger partial charge in [0.15, 0.2) is 0 Å². The smallest absolute Gasteiger partial charge is 0.262 e. The Morgan fingerprint density at radius 1 is 0.811 bits per heavy atom. The fourth-order valence-corrected chi connectivity index (χ4v) is 5.10. The fraction of sp³-hybridized carbons (Fsp3) is 0.0968. The van der Waals surface area contributed by atoms with Crippen LogP contribution in [0.1, 0.15) is 17.3 Å². The van der Waals surface area contributed by atoms with Gasteiger partial charge in [-0.3, -0.25) is 14.2 Å². The Bertz CT molecular complexity index is 1880. The van der Waals surface area contributed by atoms with Crippen molar-refractivity contribution in [3.63, 3.8) is 0 Å². The number of rotatable bonds is 5. The third-order valence-corrected chi connectivity index (χ3v) is 6.85. The van der Waals surface area contributed by atoms with Gasteiger partial charge >= 0.3 is 0 Å². The summed E-state index contributed by atoms with van der Waals surface area (Å²) in [7, 11) is 1.58. The molecule has 0 atom stereocenters. The van der Waals surface area contributed by atoms with Crippen molar-refractivity contribution < 1.29 is 9.53 Å². The molecule has 0 fully saturated rings. The Morgan fingerprint density at radius 2 is 1.54 bits per heavy atom. The lowest BCUT2D eigenvalue weighted by molar-refractivity contribution is 0.102. The zero-order valence-electron chi connectivity index (χ0n) is 20.6. The van der Waals surface area contributed by atoms with Crippen LogP contribution in [0, 0.1) is 0 Å². The number of nitrogens with zero attached hydrogens (tertiary/aromatic N) is 2. The molecule has 4 aromatic carbocycles. The van der Waals surface area contributed by atoms with Crippen molar-refractivity contribution in [3.05, 3.63) is 113 Å². The summed E-state index contributed by atoms with van der Waals surface area (Å²) >= 11 is 0. The summed E-state index contributed by atoms with van der Waals surface area (Å²) < 4.78 is 9.11. The zero-order chi connectivity index (χ0) is 25.5. The number of para-hydroxylation sites is 1. The van der Waals surface area contributed by atoms with Crippen molar-refractivity contribution in [1.82, 2.24) is 9.13 Å². The molecule has 6 nitrogen and oxygen atoms in total. The summed E-state index contributed by atoms with van der Waals surface area (Å²) in [5.41, 5.74) is 3.82. The molecule has 0 unspecified atom stereocenters. The standard InChI is InChI=1S/C31H25N3O3/c1-3-33-28-14-7-6-12-24(28)26-17-20(15-16-29(26)33)32-30(35)27-19-34(21-9-8-10-22(18-21)37-2)31(36)25-13-5-4-11-23(25)27/h4-19H,3H2,1-2H3,(H,32,35). The Labute approximate surface area is 213 Å². The lowest BCUT2D eigenvalue weighted by Gasteiger charge is -2.13. The Kier molecular flexibility index (Phi) is 5.49. The molecule has 6 heteroatoms. The topological polar surface area (TPSA) is 65.3 Å². The van der Waals surface area contributed by atoms with Crippen molar-refractivity contribution in [1.29, 1.82) is 0 Å². The molecule has 2 heterocycles. The number of ether oxygens (including phenoxy) is 1. The second-order valence-corrected chi connectivity index (χ2v) is 8.91. The summed E-state index contributed by atoms with van der Waals surface area (Å²) in [6.45, 7) is 2.98. The van der Waals surface area contributed by atoms with Gasteiger partial charge in [-0.15, -0.1) is 0 Å². The van der Waals surface area contributed by atoms with Gasteiger partial charge in [-0.05, 0) is 49.4 Å². The van der Waals surface area contributed by atoms with Crippen LogP contribution >= 0.6 is 0 Å². The van der Waals surface area contributed by atoms with Crippen LogP contribution in [-0.2, 0) is 6.54 Å². The van der Waals surface area contributed by atoms with E-state index in [2.05, 4.69) is 28.9 Å². The number of methoxy groups -OCH3 is 1. The molecule has 1 N–H and O–H groups in total. The molecule has 6 aromatic rings. The van der Waals surface area contributed by atoms with Crippen molar-refractivity contribution in [2.45, 2.75) is 13.5 Å². The lowest BCUT2D eigenvalue weighted by atomic mass is 10.1. The Hall–Kier alpha value is -4.84. The number of fused-ring (bicyclic) bond motifs is 4. The van der Waals surface area contributed by atoms with Crippen molar-refractivity contribution >= 4 is 44.2 Å². The van der Waals surface area contributed by atoms with Gasteiger partial charge in [0.1, 0.15) is 5.75 Å². The summed E-state index contributed by atoms with van der Waals surface area (Å²) in [4.78, 5) is 27.0. The maximum atomic E-state index is 13.7. The van der Waals surface area contributed by atoms with E-state index in [1.807, 2.05) is 54.6 Å². The minimum Gasteiger partial charge on any atom is -0.497 e. The van der Waals surface area contributed by atoms with Crippen LogP contribution in [-0.4, -0.2) is 22.2 Å². The minimum atomic E-state index is -0.286. The number of anilines is 1. The van der Waals surface area contributed by atoms with Gasteiger partial charge in [0, 0.05) is 57.1 Å². The van der Waals surface area contributed by atoms with E-state index in [1.54, 1.807) is 37.6 Å². The Morgan fingerprint density at radius 3 is 2.32 bits per heavy atom. The van der Waals surface area contributed by atoms with Crippen LogP contribution in [0.4, 0.5) is 5.69 Å². The van der Waals surface area contributed by atoms with E-state index < -0.39 is 0 Å². The normalized spacial score (nSPS) is 11.3. The average Bonchev–Trinajstić information content (AvgIpc) is 3.26. The molecule has 1 amide bonds. The third-order valence-electron chi connectivity index (χ3n) is 6.85. The van der Waals surface area contributed by atoms with E-state index in [-0.39, 0.29) is 11.5 Å². The zero-order valence-corrected chi connectivity index (χ0v) is 20.6. The number of aryl methyl sites for hydroxylation is 1. The summed E-state index contributed by atoms with van der Waals surface area (Å²) in [5.74, 6) is 0.342. The van der Waals surface area contributed by atoms with Gasteiger partial charge in [0.05, 0.1) is 18.4 Å². The monoisotopic (exact) mass is 487 g/mol. The summed E-state index contributed by atoms with van der Waals surface area (Å²) in [6, 6.07) is 28.7. The van der Waals surface area contributed by atoms with E-state index in [1.165, 1.54) is 10.1 Å². The first-order valence-corrected chi connectivity index (χ1v) is 12.2. The van der Waals surface area contributed by atoms with Crippen molar-refractivity contribution in [2.75, 3.05) is 12.4 Å². The highest BCUT2D eigenvalue weighted by atomic mass is 16.5. The summed E-state index contributed by atoms with van der Waals surface area (Å²) in [5, 5.41) is 6.37. The van der Waals surface area contributed by atoms with Crippen LogP contribution < -0.4 is 15.6 Å². The number of nitrogens with one attached hydrogen (secondary N) is 1. The molecule has 0 spiro atoms. The predicted molar refractivity (Wildman–Crippen MR) is 149 cm³/mol. The second kappa shape index (κ2) is 8.99. The molecule has 0 saturated heterocycles. The number of hydrogen-bond donors (Lipinski definition) is 1. The quantitative estimate of drug-likeness (QED) is 0.307. The molecular formula is C31H25N3O3. The molecule has 0 aliphatic rings. The SMILES string of the molecule is CCn1c2ccccc2c2cc(NC(=O)c3cn(-c4cccc(OC)c4)c(=O)c4ccccc34)ccc21. The van der Waals surface area contributed by atoms with Gasteiger partial charge in [-0.1, -0.05) is 42.5 Å². The molecule has 0 bridgehead atoms. The first-order valence-electron chi connectivity index (χ1n) is 12.2. The first-order chi connectivity index (χ1) is 18.1. The van der Waals surface area contributed by atoms with E-state index in [4.69, 9.17) is 4.74 Å². The van der Waals surface area contributed by atoms with Crippen LogP contribution in [0.3, 0.4) is 0 Å². The largest absolute Gasteiger partial charge is 0.497 e. The molecule has 6 rings (SSSR count). The second-order valence-electron chi connectivity index (χ2n) is 8.91. The molecule has 0 saturated carbocycles. The highest BCUT2D eigenvalue weighted by Crippen LogP contribution is 2.31. The van der Waals surface area contributed by atoms with Crippen LogP contribution in [0.2, 0.25) is 0 Å². The number of hydrogen-bond acceptors (Lipinski definition) is 3. The number of carbonyl (C=O) groups is 1. The van der Waals surface area contributed by atoms with E-state index in [9.17, 15) is 9.59 Å². The van der Waals surface area contributed by atoms with E-state index in [0.717, 1.165) is 22.8 Å². The van der Waals surface area contributed by atoms with Gasteiger partial charge < -0.3 is 14.6 Å². The fourth-order valence-electron chi connectivity index (χ4n) is 5.10. The van der Waals surface area contributed by atoms with Crippen LogP contribution in [0.5, 0.6) is 5.75 Å². The highest BCUT2D eigenvalue weighted by molar-refractivity contribution is 6.14. The average molecular weight is 488 g/mol. The van der Waals surface area contributed by atoms with E-state index >= 15 is 0 Å². The number of aromatic nitrogens is 2. The number of carbonyl (C=O) groups excluding carboxylic acids is 1. The first kappa shape index (κ1) is 22.6. The molecule has 0 aliphatic carbocycles. The predicted octanol–water partition coefficient (Wildman–Crippen LogP) is 6.38. The third kappa shape index (κ3) is 3.74. The maximum Gasteiger partial charge on any atom is 0.262 e. The Balaban J connectivity index is 1.46. The van der Waals surface area contributed by atoms with Gasteiger partial charge in [0.2, 0.25) is 0 Å². The maximum absolute atomic E-state index is 13.7. The molecule has 0 radical (unpaired) electrons. The minimum absolute atomic E-state index is 0.200. The molecular weight excluding hydrogens is 462 g/mol. The van der Waals surface area contributed by atoms with Gasteiger partial charge in [-0.25, -0.2) is 0 Å². The number of benzene rings is 4. The summed E-state index contributed by atoms with van der Waals surface area (Å²) in [6.07, 6.45) is 1.61. The van der Waals surface area contributed by atoms with Crippen molar-refractivity contribution in [2.24, 2.45) is 0 Å². The van der Waals surface area contributed by atoms with Crippen molar-refractivity contribution in [3.8, 4) is 11.4 Å². The number of pyridine rings is 1. The number of amides is 1. The van der Waals surface area contributed by atoms with E-state index in [0.29, 0.717) is 33.5 Å². The van der Waals surface area contributed by atoms with Crippen LogP contribution in [0.15, 0.2) is 102 Å². The molecule has 2 aromatic heterocycles. The molecule has 182 valence electrons. The van der Waals surface area contributed by atoms with Gasteiger partial charge in [-0.2, -0.15) is 0 Å².